The molecule has 0 saturated heterocycles. The number of phosphoric acid groups is 1. The fraction of sp³-hybridized carbons (Fsp3) is 0.833. The molecule has 0 heterocycles. The molecule has 300 valence electrons. The minimum absolute atomic E-state index is 0.0969. The van der Waals surface area contributed by atoms with Crippen LogP contribution in [0.1, 0.15) is 187 Å². The van der Waals surface area contributed by atoms with Crippen molar-refractivity contribution in [2.24, 2.45) is 5.73 Å². The maximum absolute atomic E-state index is 12.5. The Labute approximate surface area is 314 Å². The second-order valence-corrected chi connectivity index (χ2v) is 15.3. The lowest BCUT2D eigenvalue weighted by atomic mass is 10.0. The summed E-state index contributed by atoms with van der Waals surface area (Å²) in [5.74, 6) is -0.335. The number of rotatable bonds is 40. The molecular formula is C42H80NO7P. The summed E-state index contributed by atoms with van der Waals surface area (Å²) in [4.78, 5) is 22.4. The normalized spacial score (nSPS) is 13.9. The number of nitrogens with two attached hydrogens (primary N) is 1. The summed E-state index contributed by atoms with van der Waals surface area (Å²) in [6.07, 6.45) is 44.4. The van der Waals surface area contributed by atoms with Crippen molar-refractivity contribution >= 4 is 13.8 Å². The smallest absolute Gasteiger partial charge is 0.457 e. The zero-order chi connectivity index (χ0) is 37.4. The standard InChI is InChI=1S/C42H80NO7P/c1-3-5-7-9-11-13-15-17-18-19-20-21-22-23-24-26-28-30-32-34-37-47-39-41(40-49-51(45,46)48-38-36-43)50-42(44)35-33-31-29-27-25-16-14-12-10-8-6-4-2/h11,13,17-18,20-21,41H,3-10,12,14-16,19,22-40,43H2,1-2H3,(H,45,46)/b13-11-,18-17-,21-20-. The van der Waals surface area contributed by atoms with Crippen LogP contribution < -0.4 is 5.73 Å². The third-order valence-electron chi connectivity index (χ3n) is 8.81. The molecule has 9 heteroatoms. The number of esters is 1. The molecule has 0 aliphatic rings. The summed E-state index contributed by atoms with van der Waals surface area (Å²) in [7, 11) is -4.27. The van der Waals surface area contributed by atoms with Crippen LogP contribution in [0.5, 0.6) is 0 Å². The molecule has 0 saturated carbocycles. The van der Waals surface area contributed by atoms with Gasteiger partial charge in [-0.15, -0.1) is 0 Å². The fourth-order valence-electron chi connectivity index (χ4n) is 5.71. The fourth-order valence-corrected chi connectivity index (χ4v) is 6.47. The highest BCUT2D eigenvalue weighted by atomic mass is 31.2. The van der Waals surface area contributed by atoms with Crippen LogP contribution in [0.4, 0.5) is 0 Å². The Hall–Kier alpha value is -1.28. The number of ether oxygens (including phenoxy) is 2. The number of carbonyl (C=O) groups excluding carboxylic acids is 1. The Bertz CT molecular complexity index is 879. The van der Waals surface area contributed by atoms with Gasteiger partial charge in [0.2, 0.25) is 0 Å². The second-order valence-electron chi connectivity index (χ2n) is 13.9. The van der Waals surface area contributed by atoms with Crippen molar-refractivity contribution in [2.75, 3.05) is 33.0 Å². The molecule has 0 aromatic carbocycles. The molecule has 2 atom stereocenters. The van der Waals surface area contributed by atoms with Crippen LogP contribution in [0.25, 0.3) is 0 Å². The number of hydrogen-bond donors (Lipinski definition) is 2. The van der Waals surface area contributed by atoms with Gasteiger partial charge in [-0.3, -0.25) is 13.8 Å². The van der Waals surface area contributed by atoms with Gasteiger partial charge in [0.05, 0.1) is 19.8 Å². The van der Waals surface area contributed by atoms with Crippen molar-refractivity contribution in [1.82, 2.24) is 0 Å². The predicted molar refractivity (Wildman–Crippen MR) is 215 cm³/mol. The first-order valence-corrected chi connectivity index (χ1v) is 22.5. The summed E-state index contributed by atoms with van der Waals surface area (Å²) in [6, 6.07) is 0. The summed E-state index contributed by atoms with van der Waals surface area (Å²) in [6.45, 7) is 4.88. The van der Waals surface area contributed by atoms with Crippen molar-refractivity contribution in [3.8, 4) is 0 Å². The van der Waals surface area contributed by atoms with Crippen molar-refractivity contribution in [3.63, 3.8) is 0 Å². The van der Waals surface area contributed by atoms with Crippen LogP contribution in [0.2, 0.25) is 0 Å². The zero-order valence-corrected chi connectivity index (χ0v) is 34.0. The van der Waals surface area contributed by atoms with Gasteiger partial charge in [0.15, 0.2) is 0 Å². The Morgan fingerprint density at radius 2 is 1.04 bits per heavy atom. The van der Waals surface area contributed by atoms with Gasteiger partial charge < -0.3 is 20.1 Å². The highest BCUT2D eigenvalue weighted by molar-refractivity contribution is 7.47. The molecule has 0 fully saturated rings. The quantitative estimate of drug-likeness (QED) is 0.0276. The molecule has 0 aromatic heterocycles. The highest BCUT2D eigenvalue weighted by Gasteiger charge is 2.25. The molecule has 0 rings (SSSR count). The van der Waals surface area contributed by atoms with Gasteiger partial charge in [0, 0.05) is 19.6 Å². The largest absolute Gasteiger partial charge is 0.472 e. The third kappa shape index (κ3) is 39.8. The Balaban J connectivity index is 4.03. The van der Waals surface area contributed by atoms with Crippen LogP contribution in [-0.4, -0.2) is 49.9 Å². The second kappa shape index (κ2) is 39.9. The molecule has 0 aliphatic heterocycles. The SMILES string of the molecule is CCCCC/C=C\C/C=C\C/C=C\CCCCCCCCCOCC(COP(=O)(O)OCCN)OC(=O)CCCCCCCCCCCCCC. The Morgan fingerprint density at radius 1 is 0.588 bits per heavy atom. The van der Waals surface area contributed by atoms with E-state index in [1.165, 1.54) is 116 Å². The van der Waals surface area contributed by atoms with Gasteiger partial charge in [-0.2, -0.15) is 0 Å². The molecule has 51 heavy (non-hydrogen) atoms. The lowest BCUT2D eigenvalue weighted by molar-refractivity contribution is -0.154. The number of carbonyl (C=O) groups is 1. The van der Waals surface area contributed by atoms with Crippen molar-refractivity contribution in [2.45, 2.75) is 193 Å². The lowest BCUT2D eigenvalue weighted by Crippen LogP contribution is -2.28. The maximum Gasteiger partial charge on any atom is 0.472 e. The number of unbranched alkanes of at least 4 members (excludes halogenated alkanes) is 21. The average molecular weight is 742 g/mol. The highest BCUT2D eigenvalue weighted by Crippen LogP contribution is 2.43. The van der Waals surface area contributed by atoms with Gasteiger partial charge in [0.25, 0.3) is 0 Å². The van der Waals surface area contributed by atoms with E-state index >= 15 is 0 Å². The first-order chi connectivity index (χ1) is 24.9. The molecular weight excluding hydrogens is 661 g/mol. The van der Waals surface area contributed by atoms with Gasteiger partial charge in [-0.1, -0.05) is 166 Å². The zero-order valence-electron chi connectivity index (χ0n) is 33.1. The third-order valence-corrected chi connectivity index (χ3v) is 9.79. The maximum atomic E-state index is 12.5. The average Bonchev–Trinajstić information content (AvgIpc) is 3.12. The summed E-state index contributed by atoms with van der Waals surface area (Å²) >= 11 is 0. The molecule has 0 aliphatic carbocycles. The van der Waals surface area contributed by atoms with E-state index in [-0.39, 0.29) is 32.3 Å². The number of phosphoric ester groups is 1. The van der Waals surface area contributed by atoms with Crippen molar-refractivity contribution in [1.29, 1.82) is 0 Å². The minimum atomic E-state index is -4.27. The van der Waals surface area contributed by atoms with E-state index in [4.69, 9.17) is 24.3 Å². The van der Waals surface area contributed by atoms with E-state index < -0.39 is 13.9 Å². The van der Waals surface area contributed by atoms with Crippen molar-refractivity contribution in [3.05, 3.63) is 36.5 Å². The molecule has 8 nitrogen and oxygen atoms in total. The minimum Gasteiger partial charge on any atom is -0.457 e. The van der Waals surface area contributed by atoms with E-state index in [0.717, 1.165) is 51.4 Å². The van der Waals surface area contributed by atoms with Crippen LogP contribution in [-0.2, 0) is 27.9 Å². The number of hydrogen-bond acceptors (Lipinski definition) is 7. The van der Waals surface area contributed by atoms with E-state index in [1.807, 2.05) is 0 Å². The monoisotopic (exact) mass is 742 g/mol. The molecule has 0 radical (unpaired) electrons. The molecule has 0 spiro atoms. The van der Waals surface area contributed by atoms with E-state index in [1.54, 1.807) is 0 Å². The lowest BCUT2D eigenvalue weighted by Gasteiger charge is -2.20. The molecule has 2 unspecified atom stereocenters. The van der Waals surface area contributed by atoms with Crippen molar-refractivity contribution < 1.29 is 32.8 Å². The first kappa shape index (κ1) is 49.7. The van der Waals surface area contributed by atoms with E-state index in [0.29, 0.717) is 13.0 Å². The molecule has 3 N–H and O–H groups in total. The van der Waals surface area contributed by atoms with Crippen LogP contribution in [0.15, 0.2) is 36.5 Å². The van der Waals surface area contributed by atoms with E-state index in [9.17, 15) is 14.3 Å². The summed E-state index contributed by atoms with van der Waals surface area (Å²) < 4.78 is 33.4. The molecule has 0 bridgehead atoms. The van der Waals surface area contributed by atoms with E-state index in [2.05, 4.69) is 50.3 Å². The van der Waals surface area contributed by atoms with Crippen LogP contribution in [0.3, 0.4) is 0 Å². The Kier molecular flexibility index (Phi) is 38.9. The van der Waals surface area contributed by atoms with Crippen LogP contribution in [0, 0.1) is 0 Å². The van der Waals surface area contributed by atoms with Gasteiger partial charge >= 0.3 is 13.8 Å². The van der Waals surface area contributed by atoms with Gasteiger partial charge in [0.1, 0.15) is 6.10 Å². The molecule has 0 aromatic rings. The van der Waals surface area contributed by atoms with Gasteiger partial charge in [-0.25, -0.2) is 4.57 Å². The number of allylic oxidation sites excluding steroid dienone is 6. The van der Waals surface area contributed by atoms with Crippen LogP contribution >= 0.6 is 7.82 Å². The predicted octanol–water partition coefficient (Wildman–Crippen LogP) is 12.2. The summed E-state index contributed by atoms with van der Waals surface area (Å²) in [5.41, 5.74) is 5.36. The molecule has 0 amide bonds. The Morgan fingerprint density at radius 3 is 1.59 bits per heavy atom. The van der Waals surface area contributed by atoms with Gasteiger partial charge in [-0.05, 0) is 51.4 Å². The topological polar surface area (TPSA) is 117 Å². The summed E-state index contributed by atoms with van der Waals surface area (Å²) in [5, 5.41) is 0. The first-order valence-electron chi connectivity index (χ1n) is 21.0.